The smallest absolute Gasteiger partial charge is 0.308 e. The summed E-state index contributed by atoms with van der Waals surface area (Å²) in [6, 6.07) is 1.03. The summed E-state index contributed by atoms with van der Waals surface area (Å²) in [6.07, 6.45) is 0. The standard InChI is InChI=1S/C11H10Cl2F2N2O3/c12-1-3-16(4-2-13)11(18)8-5-7(14)6-9(10(8)15)17(19)20/h5-6H,1-4H2. The lowest BCUT2D eigenvalue weighted by atomic mass is 10.1. The minimum atomic E-state index is -1.38. The Labute approximate surface area is 123 Å². The van der Waals surface area contributed by atoms with Crippen molar-refractivity contribution in [2.45, 2.75) is 0 Å². The number of alkyl halides is 2. The Morgan fingerprint density at radius 3 is 2.25 bits per heavy atom. The average Bonchev–Trinajstić information content (AvgIpc) is 2.39. The van der Waals surface area contributed by atoms with Crippen LogP contribution in [-0.2, 0) is 0 Å². The summed E-state index contributed by atoms with van der Waals surface area (Å²) in [7, 11) is 0. The zero-order valence-electron chi connectivity index (χ0n) is 10.1. The van der Waals surface area contributed by atoms with Gasteiger partial charge in [-0.1, -0.05) is 0 Å². The van der Waals surface area contributed by atoms with E-state index in [-0.39, 0.29) is 24.8 Å². The van der Waals surface area contributed by atoms with E-state index in [1.807, 2.05) is 0 Å². The lowest BCUT2D eigenvalue weighted by molar-refractivity contribution is -0.387. The first kappa shape index (κ1) is 16.6. The van der Waals surface area contributed by atoms with Gasteiger partial charge in [-0.25, -0.2) is 4.39 Å². The van der Waals surface area contributed by atoms with Gasteiger partial charge in [0.25, 0.3) is 5.91 Å². The number of benzene rings is 1. The third-order valence-electron chi connectivity index (χ3n) is 2.44. The number of rotatable bonds is 6. The van der Waals surface area contributed by atoms with Gasteiger partial charge in [0.15, 0.2) is 0 Å². The molecule has 0 aromatic heterocycles. The molecule has 0 aliphatic rings. The molecule has 0 radical (unpaired) electrons. The SMILES string of the molecule is O=C(c1cc(F)cc([N+](=O)[O-])c1F)N(CCCl)CCCl. The van der Waals surface area contributed by atoms with Crippen molar-refractivity contribution in [3.8, 4) is 0 Å². The lowest BCUT2D eigenvalue weighted by Gasteiger charge is -2.20. The van der Waals surface area contributed by atoms with Crippen molar-refractivity contribution < 1.29 is 18.5 Å². The molecule has 0 atom stereocenters. The fourth-order valence-corrected chi connectivity index (χ4v) is 1.96. The van der Waals surface area contributed by atoms with Crippen molar-refractivity contribution in [1.29, 1.82) is 0 Å². The minimum Gasteiger partial charge on any atom is -0.336 e. The molecule has 0 saturated carbocycles. The molecule has 5 nitrogen and oxygen atoms in total. The van der Waals surface area contributed by atoms with E-state index in [1.165, 1.54) is 0 Å². The zero-order valence-corrected chi connectivity index (χ0v) is 11.6. The number of carbonyl (C=O) groups excluding carboxylic acids is 1. The van der Waals surface area contributed by atoms with Gasteiger partial charge in [-0.2, -0.15) is 4.39 Å². The van der Waals surface area contributed by atoms with E-state index >= 15 is 0 Å². The monoisotopic (exact) mass is 326 g/mol. The Hall–Kier alpha value is -1.47. The molecule has 20 heavy (non-hydrogen) atoms. The summed E-state index contributed by atoms with van der Waals surface area (Å²) in [4.78, 5) is 22.7. The van der Waals surface area contributed by atoms with E-state index in [0.717, 1.165) is 4.90 Å². The number of nitrogens with zero attached hydrogens (tertiary/aromatic N) is 2. The van der Waals surface area contributed by atoms with E-state index in [2.05, 4.69) is 0 Å². The van der Waals surface area contributed by atoms with Gasteiger partial charge in [0.2, 0.25) is 5.82 Å². The molecule has 1 amide bonds. The van der Waals surface area contributed by atoms with Crippen LogP contribution in [-0.4, -0.2) is 40.6 Å². The van der Waals surface area contributed by atoms with Crippen LogP contribution in [0.1, 0.15) is 10.4 Å². The van der Waals surface area contributed by atoms with Crippen LogP contribution in [0.3, 0.4) is 0 Å². The highest BCUT2D eigenvalue weighted by molar-refractivity contribution is 6.18. The molecule has 0 unspecified atom stereocenters. The molecule has 0 fully saturated rings. The molecule has 0 aliphatic carbocycles. The molecular formula is C11H10Cl2F2N2O3. The Bertz CT molecular complexity index is 523. The summed E-state index contributed by atoms with van der Waals surface area (Å²) >= 11 is 11.0. The van der Waals surface area contributed by atoms with E-state index in [9.17, 15) is 23.7 Å². The molecule has 1 aromatic carbocycles. The van der Waals surface area contributed by atoms with Crippen molar-refractivity contribution >= 4 is 34.8 Å². The zero-order chi connectivity index (χ0) is 15.3. The van der Waals surface area contributed by atoms with Crippen LogP contribution in [0.2, 0.25) is 0 Å². The summed E-state index contributed by atoms with van der Waals surface area (Å²) in [5.41, 5.74) is -1.81. The van der Waals surface area contributed by atoms with Crippen LogP contribution in [0.5, 0.6) is 0 Å². The Kier molecular flexibility index (Phi) is 6.09. The van der Waals surface area contributed by atoms with Crippen LogP contribution in [0.4, 0.5) is 14.5 Å². The number of hydrogen-bond donors (Lipinski definition) is 0. The molecule has 1 rings (SSSR count). The molecule has 0 N–H and O–H groups in total. The van der Waals surface area contributed by atoms with Gasteiger partial charge in [0.1, 0.15) is 5.82 Å². The molecule has 0 saturated heterocycles. The van der Waals surface area contributed by atoms with Crippen LogP contribution >= 0.6 is 23.2 Å². The highest BCUT2D eigenvalue weighted by atomic mass is 35.5. The summed E-state index contributed by atoms with van der Waals surface area (Å²) in [5.74, 6) is -3.20. The molecule has 0 bridgehead atoms. The second-order valence-corrected chi connectivity index (χ2v) is 4.47. The molecule has 0 aliphatic heterocycles. The van der Waals surface area contributed by atoms with Crippen LogP contribution in [0, 0.1) is 21.7 Å². The van der Waals surface area contributed by atoms with Gasteiger partial charge < -0.3 is 4.90 Å². The fraction of sp³-hybridized carbons (Fsp3) is 0.364. The predicted molar refractivity (Wildman–Crippen MR) is 70.4 cm³/mol. The van der Waals surface area contributed by atoms with Crippen LogP contribution in [0.15, 0.2) is 12.1 Å². The molecule has 110 valence electrons. The van der Waals surface area contributed by atoms with Gasteiger partial charge in [0.05, 0.1) is 16.6 Å². The second-order valence-electron chi connectivity index (χ2n) is 3.71. The number of halogens is 4. The second kappa shape index (κ2) is 7.35. The van der Waals surface area contributed by atoms with Gasteiger partial charge in [-0.3, -0.25) is 14.9 Å². The largest absolute Gasteiger partial charge is 0.336 e. The Balaban J connectivity index is 3.23. The molecule has 0 spiro atoms. The van der Waals surface area contributed by atoms with Gasteiger partial charge >= 0.3 is 5.69 Å². The number of amides is 1. The Morgan fingerprint density at radius 2 is 1.80 bits per heavy atom. The quantitative estimate of drug-likeness (QED) is 0.458. The maximum Gasteiger partial charge on any atom is 0.308 e. The third kappa shape index (κ3) is 3.77. The van der Waals surface area contributed by atoms with Crippen molar-refractivity contribution in [1.82, 2.24) is 4.90 Å². The maximum absolute atomic E-state index is 13.9. The van der Waals surface area contributed by atoms with Gasteiger partial charge in [-0.05, 0) is 6.07 Å². The van der Waals surface area contributed by atoms with Crippen LogP contribution in [0.25, 0.3) is 0 Å². The highest BCUT2D eigenvalue weighted by Gasteiger charge is 2.26. The number of carbonyl (C=O) groups is 1. The number of hydrogen-bond acceptors (Lipinski definition) is 3. The average molecular weight is 327 g/mol. The normalized spacial score (nSPS) is 10.4. The first-order valence-corrected chi connectivity index (χ1v) is 6.54. The molecule has 1 aromatic rings. The Morgan fingerprint density at radius 1 is 1.25 bits per heavy atom. The van der Waals surface area contributed by atoms with E-state index in [4.69, 9.17) is 23.2 Å². The third-order valence-corrected chi connectivity index (χ3v) is 2.78. The van der Waals surface area contributed by atoms with E-state index < -0.39 is 33.7 Å². The first-order chi connectivity index (χ1) is 9.42. The fourth-order valence-electron chi connectivity index (χ4n) is 1.55. The highest BCUT2D eigenvalue weighted by Crippen LogP contribution is 2.23. The van der Waals surface area contributed by atoms with Crippen LogP contribution < -0.4 is 0 Å². The molecule has 0 heterocycles. The van der Waals surface area contributed by atoms with Gasteiger partial charge in [-0.15, -0.1) is 23.2 Å². The predicted octanol–water partition coefficient (Wildman–Crippen LogP) is 2.79. The maximum atomic E-state index is 13.9. The summed E-state index contributed by atoms with van der Waals surface area (Å²) in [6.45, 7) is 0.133. The van der Waals surface area contributed by atoms with Crippen molar-refractivity contribution in [3.05, 3.63) is 39.4 Å². The topological polar surface area (TPSA) is 63.4 Å². The van der Waals surface area contributed by atoms with Crippen molar-refractivity contribution in [2.75, 3.05) is 24.8 Å². The van der Waals surface area contributed by atoms with E-state index in [0.29, 0.717) is 12.1 Å². The van der Waals surface area contributed by atoms with E-state index in [1.54, 1.807) is 0 Å². The lowest BCUT2D eigenvalue weighted by Crippen LogP contribution is -2.35. The molecule has 9 heteroatoms. The number of nitro benzene ring substituents is 1. The summed E-state index contributed by atoms with van der Waals surface area (Å²) < 4.78 is 27.1. The first-order valence-electron chi connectivity index (χ1n) is 5.47. The van der Waals surface area contributed by atoms with Crippen molar-refractivity contribution in [3.63, 3.8) is 0 Å². The molecular weight excluding hydrogens is 317 g/mol. The summed E-state index contributed by atoms with van der Waals surface area (Å²) in [5, 5.41) is 10.6. The van der Waals surface area contributed by atoms with Gasteiger partial charge in [0, 0.05) is 24.8 Å². The minimum absolute atomic E-state index is 0.0663. The van der Waals surface area contributed by atoms with Crippen molar-refractivity contribution in [2.24, 2.45) is 0 Å². The number of nitro groups is 1.